The molecule has 3 nitrogen and oxygen atoms in total. The van der Waals surface area contributed by atoms with E-state index in [1.54, 1.807) is 0 Å². The van der Waals surface area contributed by atoms with Gasteiger partial charge in [-0.25, -0.2) is 0 Å². The van der Waals surface area contributed by atoms with Gasteiger partial charge in [0.15, 0.2) is 0 Å². The van der Waals surface area contributed by atoms with E-state index in [-0.39, 0.29) is 6.54 Å². The summed E-state index contributed by atoms with van der Waals surface area (Å²) in [6.45, 7) is 7.33. The summed E-state index contributed by atoms with van der Waals surface area (Å²) in [6, 6.07) is 8.12. The van der Waals surface area contributed by atoms with Crippen molar-refractivity contribution in [3.63, 3.8) is 0 Å². The molecule has 0 aliphatic heterocycles. The fraction of sp³-hybridized carbons (Fsp3) is 0.588. The van der Waals surface area contributed by atoms with Gasteiger partial charge in [-0.15, -0.1) is 0 Å². The second-order valence-electron chi connectivity index (χ2n) is 5.53. The van der Waals surface area contributed by atoms with Crippen molar-refractivity contribution in [2.45, 2.75) is 46.5 Å². The molecule has 3 heteroatoms. The lowest BCUT2D eigenvalue weighted by atomic mass is 9.98. The van der Waals surface area contributed by atoms with Crippen molar-refractivity contribution in [3.8, 4) is 0 Å². The third-order valence-corrected chi connectivity index (χ3v) is 3.75. The summed E-state index contributed by atoms with van der Waals surface area (Å²) in [4.78, 5) is 13.1. The van der Waals surface area contributed by atoms with Gasteiger partial charge < -0.3 is 10.0 Å². The summed E-state index contributed by atoms with van der Waals surface area (Å²) in [7, 11) is 0. The van der Waals surface area contributed by atoms with Crippen molar-refractivity contribution < 1.29 is 9.90 Å². The number of anilines is 1. The molecule has 1 atom stereocenters. The highest BCUT2D eigenvalue weighted by atomic mass is 16.4. The van der Waals surface area contributed by atoms with Crippen LogP contribution in [0.25, 0.3) is 0 Å². The summed E-state index contributed by atoms with van der Waals surface area (Å²) in [5.74, 6) is -0.202. The molecule has 20 heavy (non-hydrogen) atoms. The maximum Gasteiger partial charge on any atom is 0.323 e. The van der Waals surface area contributed by atoms with Crippen LogP contribution >= 0.6 is 0 Å². The lowest BCUT2D eigenvalue weighted by molar-refractivity contribution is -0.135. The van der Waals surface area contributed by atoms with E-state index in [2.05, 4.69) is 13.8 Å². The summed E-state index contributed by atoms with van der Waals surface area (Å²) < 4.78 is 0. The molecule has 0 fully saturated rings. The number of hydrogen-bond donors (Lipinski definition) is 1. The minimum atomic E-state index is -0.768. The Bertz CT molecular complexity index is 400. The molecule has 0 aromatic heterocycles. The first-order chi connectivity index (χ1) is 9.56. The van der Waals surface area contributed by atoms with Crippen LogP contribution in [0.1, 0.15) is 45.1 Å². The average molecular weight is 277 g/mol. The molecule has 0 amide bonds. The number of carbonyl (C=O) groups is 1. The van der Waals surface area contributed by atoms with Gasteiger partial charge in [0.2, 0.25) is 0 Å². The van der Waals surface area contributed by atoms with Crippen LogP contribution in [0.3, 0.4) is 0 Å². The quantitative estimate of drug-likeness (QED) is 0.738. The molecule has 1 rings (SSSR count). The smallest absolute Gasteiger partial charge is 0.323 e. The highest BCUT2D eigenvalue weighted by Gasteiger charge is 2.15. The Hall–Kier alpha value is -1.51. The van der Waals surface area contributed by atoms with Gasteiger partial charge in [0, 0.05) is 12.2 Å². The Morgan fingerprint density at radius 2 is 1.90 bits per heavy atom. The van der Waals surface area contributed by atoms with E-state index >= 15 is 0 Å². The van der Waals surface area contributed by atoms with Crippen LogP contribution in [-0.2, 0) is 4.79 Å². The molecule has 0 spiro atoms. The van der Waals surface area contributed by atoms with Crippen LogP contribution < -0.4 is 4.90 Å². The lowest BCUT2D eigenvalue weighted by Crippen LogP contribution is -2.34. The highest BCUT2D eigenvalue weighted by Crippen LogP contribution is 2.20. The van der Waals surface area contributed by atoms with Crippen LogP contribution in [0, 0.1) is 12.8 Å². The summed E-state index contributed by atoms with van der Waals surface area (Å²) in [6.07, 6.45) is 4.68. The first-order valence-electron chi connectivity index (χ1n) is 7.60. The van der Waals surface area contributed by atoms with Crippen LogP contribution in [0.4, 0.5) is 5.69 Å². The normalized spacial score (nSPS) is 12.2. The Labute approximate surface area is 122 Å². The van der Waals surface area contributed by atoms with E-state index in [1.165, 1.54) is 24.8 Å². The topological polar surface area (TPSA) is 40.5 Å². The molecule has 0 saturated heterocycles. The predicted octanol–water partition coefficient (Wildman–Crippen LogP) is 4.10. The van der Waals surface area contributed by atoms with Gasteiger partial charge in [-0.05, 0) is 31.4 Å². The van der Waals surface area contributed by atoms with Gasteiger partial charge in [-0.2, -0.15) is 0 Å². The van der Waals surface area contributed by atoms with Gasteiger partial charge >= 0.3 is 5.97 Å². The molecule has 0 radical (unpaired) electrons. The molecule has 1 aromatic carbocycles. The van der Waals surface area contributed by atoms with Crippen molar-refractivity contribution in [1.82, 2.24) is 0 Å². The Morgan fingerprint density at radius 1 is 1.25 bits per heavy atom. The Balaban J connectivity index is 2.77. The number of unbranched alkanes of at least 4 members (excludes halogenated alkanes) is 1. The molecule has 0 saturated carbocycles. The summed E-state index contributed by atoms with van der Waals surface area (Å²) in [5, 5.41) is 9.12. The van der Waals surface area contributed by atoms with Crippen molar-refractivity contribution >= 4 is 11.7 Å². The summed E-state index contributed by atoms with van der Waals surface area (Å²) >= 11 is 0. The first-order valence-corrected chi connectivity index (χ1v) is 7.60. The molecule has 1 unspecified atom stereocenters. The summed E-state index contributed by atoms with van der Waals surface area (Å²) in [5.41, 5.74) is 2.20. The highest BCUT2D eigenvalue weighted by molar-refractivity contribution is 5.73. The molecule has 1 N–H and O–H groups in total. The third-order valence-electron chi connectivity index (χ3n) is 3.75. The predicted molar refractivity (Wildman–Crippen MR) is 84.3 cm³/mol. The zero-order chi connectivity index (χ0) is 15.0. The number of hydrogen-bond acceptors (Lipinski definition) is 2. The van der Waals surface area contributed by atoms with E-state index in [0.29, 0.717) is 5.92 Å². The number of aliphatic carboxylic acids is 1. The van der Waals surface area contributed by atoms with Crippen LogP contribution in [0.15, 0.2) is 24.3 Å². The molecule has 0 aliphatic carbocycles. The number of aryl methyl sites for hydroxylation is 1. The maximum absolute atomic E-state index is 11.1. The van der Waals surface area contributed by atoms with Gasteiger partial charge in [-0.3, -0.25) is 4.79 Å². The SMILES string of the molecule is CCCCC(CC)CN(CC(=O)O)c1ccc(C)cc1. The third kappa shape index (κ3) is 5.64. The Morgan fingerprint density at radius 3 is 2.40 bits per heavy atom. The Kier molecular flexibility index (Phi) is 7.13. The number of nitrogens with zero attached hydrogens (tertiary/aromatic N) is 1. The van der Waals surface area contributed by atoms with Gasteiger partial charge in [-0.1, -0.05) is 50.8 Å². The average Bonchev–Trinajstić information content (AvgIpc) is 2.42. The van der Waals surface area contributed by atoms with Crippen molar-refractivity contribution in [1.29, 1.82) is 0 Å². The van der Waals surface area contributed by atoms with E-state index in [1.807, 2.05) is 36.1 Å². The second kappa shape index (κ2) is 8.62. The maximum atomic E-state index is 11.1. The van der Waals surface area contributed by atoms with E-state index in [4.69, 9.17) is 5.11 Å². The molecule has 0 heterocycles. The lowest BCUT2D eigenvalue weighted by Gasteiger charge is -2.28. The zero-order valence-electron chi connectivity index (χ0n) is 12.9. The fourth-order valence-corrected chi connectivity index (χ4v) is 2.41. The standard InChI is InChI=1S/C17H27NO2/c1-4-6-7-15(5-2)12-18(13-17(19)20)16-10-8-14(3)9-11-16/h8-11,15H,4-7,12-13H2,1-3H3,(H,19,20). The first kappa shape index (κ1) is 16.5. The minimum Gasteiger partial charge on any atom is -0.480 e. The second-order valence-corrected chi connectivity index (χ2v) is 5.53. The minimum absolute atomic E-state index is 0.0751. The van der Waals surface area contributed by atoms with Gasteiger partial charge in [0.05, 0.1) is 0 Å². The molecule has 0 bridgehead atoms. The van der Waals surface area contributed by atoms with Crippen LogP contribution in [0.5, 0.6) is 0 Å². The van der Waals surface area contributed by atoms with E-state index in [0.717, 1.165) is 18.7 Å². The number of rotatable bonds is 9. The fourth-order valence-electron chi connectivity index (χ4n) is 2.41. The molecular formula is C17H27NO2. The number of benzene rings is 1. The molecule has 0 aliphatic rings. The number of carboxylic acids is 1. The molecular weight excluding hydrogens is 250 g/mol. The largest absolute Gasteiger partial charge is 0.480 e. The molecule has 1 aromatic rings. The van der Waals surface area contributed by atoms with Gasteiger partial charge in [0.1, 0.15) is 6.54 Å². The van der Waals surface area contributed by atoms with Crippen LogP contribution in [0.2, 0.25) is 0 Å². The monoisotopic (exact) mass is 277 g/mol. The van der Waals surface area contributed by atoms with Crippen LogP contribution in [-0.4, -0.2) is 24.2 Å². The number of carboxylic acid groups (broad SMARTS) is 1. The molecule has 112 valence electrons. The van der Waals surface area contributed by atoms with Crippen molar-refractivity contribution in [2.24, 2.45) is 5.92 Å². The van der Waals surface area contributed by atoms with E-state index in [9.17, 15) is 4.79 Å². The zero-order valence-corrected chi connectivity index (χ0v) is 12.9. The van der Waals surface area contributed by atoms with E-state index < -0.39 is 5.97 Å². The van der Waals surface area contributed by atoms with Crippen molar-refractivity contribution in [2.75, 3.05) is 18.0 Å². The van der Waals surface area contributed by atoms with Gasteiger partial charge in [0.25, 0.3) is 0 Å². The van der Waals surface area contributed by atoms with Crippen molar-refractivity contribution in [3.05, 3.63) is 29.8 Å².